The maximum absolute atomic E-state index is 13.1. The smallest absolute Gasteiger partial charge is 0.339 e. The van der Waals surface area contributed by atoms with Gasteiger partial charge in [-0.1, -0.05) is 18.2 Å². The lowest BCUT2D eigenvalue weighted by Crippen LogP contribution is -2.37. The number of nitrogens with zero attached hydrogens (tertiary/aromatic N) is 3. The van der Waals surface area contributed by atoms with Crippen LogP contribution in [0.4, 0.5) is 5.69 Å². The molecule has 0 radical (unpaired) electrons. The molecular weight excluding hydrogens is 294 g/mol. The van der Waals surface area contributed by atoms with Gasteiger partial charge in [0.25, 0.3) is 5.91 Å². The van der Waals surface area contributed by atoms with Gasteiger partial charge in [0.1, 0.15) is 11.3 Å². The molecule has 0 atom stereocenters. The summed E-state index contributed by atoms with van der Waals surface area (Å²) in [6.45, 7) is 4.33. The van der Waals surface area contributed by atoms with Crippen molar-refractivity contribution in [2.24, 2.45) is 0 Å². The zero-order valence-electron chi connectivity index (χ0n) is 13.2. The Morgan fingerprint density at radius 3 is 2.70 bits per heavy atom. The number of carboxylic acids is 1. The summed E-state index contributed by atoms with van der Waals surface area (Å²) in [5, 5.41) is 13.5. The topological polar surface area (TPSA) is 75.4 Å². The Morgan fingerprint density at radius 2 is 2.00 bits per heavy atom. The summed E-state index contributed by atoms with van der Waals surface area (Å²) in [5.74, 6) is -1.44. The minimum absolute atomic E-state index is 0.0493. The summed E-state index contributed by atoms with van der Waals surface area (Å²) in [5.41, 5.74) is 2.06. The first-order valence-corrected chi connectivity index (χ1v) is 7.71. The minimum Gasteiger partial charge on any atom is -0.478 e. The zero-order chi connectivity index (χ0) is 16.6. The SMILES string of the molecule is CC(C)n1ncc(C(=O)O)c1C(=O)N1CCCc2ccccc21. The number of aromatic carboxylic acids is 1. The molecule has 0 fully saturated rings. The average Bonchev–Trinajstić information content (AvgIpc) is 2.99. The molecule has 0 unspecified atom stereocenters. The Hall–Kier alpha value is -2.63. The number of carboxylic acid groups (broad SMARTS) is 1. The van der Waals surface area contributed by atoms with Crippen LogP contribution in [0.1, 0.15) is 52.7 Å². The molecule has 1 aromatic heterocycles. The molecule has 0 aliphatic carbocycles. The van der Waals surface area contributed by atoms with Gasteiger partial charge >= 0.3 is 5.97 Å². The lowest BCUT2D eigenvalue weighted by Gasteiger charge is -2.30. The largest absolute Gasteiger partial charge is 0.478 e. The van der Waals surface area contributed by atoms with E-state index in [1.165, 1.54) is 10.9 Å². The van der Waals surface area contributed by atoms with E-state index in [1.54, 1.807) is 4.90 Å². The van der Waals surface area contributed by atoms with Crippen molar-refractivity contribution in [3.63, 3.8) is 0 Å². The van der Waals surface area contributed by atoms with Gasteiger partial charge in [0.05, 0.1) is 6.20 Å². The van der Waals surface area contributed by atoms with E-state index in [0.29, 0.717) is 6.54 Å². The number of amides is 1. The van der Waals surface area contributed by atoms with Gasteiger partial charge in [-0.15, -0.1) is 0 Å². The van der Waals surface area contributed by atoms with E-state index < -0.39 is 5.97 Å². The predicted molar refractivity (Wildman–Crippen MR) is 86.0 cm³/mol. The van der Waals surface area contributed by atoms with Crippen LogP contribution in [0.25, 0.3) is 0 Å². The molecule has 6 nitrogen and oxygen atoms in total. The first-order chi connectivity index (χ1) is 11.0. The van der Waals surface area contributed by atoms with Crippen LogP contribution >= 0.6 is 0 Å². The number of aromatic nitrogens is 2. The van der Waals surface area contributed by atoms with Gasteiger partial charge in [-0.3, -0.25) is 9.48 Å². The first-order valence-electron chi connectivity index (χ1n) is 7.71. The van der Waals surface area contributed by atoms with Crippen LogP contribution in [-0.2, 0) is 6.42 Å². The van der Waals surface area contributed by atoms with Crippen molar-refractivity contribution in [3.05, 3.63) is 47.3 Å². The van der Waals surface area contributed by atoms with Gasteiger partial charge < -0.3 is 10.0 Å². The van der Waals surface area contributed by atoms with E-state index in [-0.39, 0.29) is 23.2 Å². The minimum atomic E-state index is -1.13. The highest BCUT2D eigenvalue weighted by molar-refractivity contribution is 6.11. The van der Waals surface area contributed by atoms with E-state index >= 15 is 0 Å². The third-order valence-electron chi connectivity index (χ3n) is 4.07. The fourth-order valence-electron chi connectivity index (χ4n) is 3.00. The quantitative estimate of drug-likeness (QED) is 0.945. The Labute approximate surface area is 134 Å². The number of fused-ring (bicyclic) bond motifs is 1. The molecule has 120 valence electrons. The maximum atomic E-state index is 13.1. The van der Waals surface area contributed by atoms with Crippen LogP contribution < -0.4 is 4.90 Å². The second-order valence-corrected chi connectivity index (χ2v) is 5.94. The molecular formula is C17H19N3O3. The molecule has 6 heteroatoms. The fraction of sp³-hybridized carbons (Fsp3) is 0.353. The summed E-state index contributed by atoms with van der Waals surface area (Å²) < 4.78 is 1.49. The van der Waals surface area contributed by atoms with Gasteiger partial charge in [-0.05, 0) is 38.3 Å². The summed E-state index contributed by atoms with van der Waals surface area (Å²) >= 11 is 0. The molecule has 23 heavy (non-hydrogen) atoms. The number of hydrogen-bond donors (Lipinski definition) is 1. The molecule has 1 aliphatic rings. The van der Waals surface area contributed by atoms with Crippen molar-refractivity contribution in [1.82, 2.24) is 9.78 Å². The predicted octanol–water partition coefficient (Wildman–Crippen LogP) is 2.76. The number of aryl methyl sites for hydroxylation is 1. The number of hydrogen-bond acceptors (Lipinski definition) is 3. The van der Waals surface area contributed by atoms with Crippen LogP contribution in [0.2, 0.25) is 0 Å². The molecule has 0 saturated heterocycles. The van der Waals surface area contributed by atoms with Crippen LogP contribution in [0.3, 0.4) is 0 Å². The van der Waals surface area contributed by atoms with Gasteiger partial charge in [-0.2, -0.15) is 5.10 Å². The molecule has 1 N–H and O–H groups in total. The van der Waals surface area contributed by atoms with Crippen LogP contribution in [-0.4, -0.2) is 33.3 Å². The number of rotatable bonds is 3. The van der Waals surface area contributed by atoms with Crippen molar-refractivity contribution in [2.45, 2.75) is 32.7 Å². The van der Waals surface area contributed by atoms with E-state index in [0.717, 1.165) is 24.1 Å². The molecule has 1 aromatic carbocycles. The van der Waals surface area contributed by atoms with Crippen molar-refractivity contribution < 1.29 is 14.7 Å². The van der Waals surface area contributed by atoms with E-state index in [9.17, 15) is 14.7 Å². The van der Waals surface area contributed by atoms with Gasteiger partial charge in [0.2, 0.25) is 0 Å². The molecule has 2 heterocycles. The monoisotopic (exact) mass is 313 g/mol. The van der Waals surface area contributed by atoms with E-state index in [1.807, 2.05) is 38.1 Å². The first kappa shape index (κ1) is 15.3. The number of carbonyl (C=O) groups is 2. The summed E-state index contributed by atoms with van der Waals surface area (Å²) in [4.78, 5) is 26.2. The van der Waals surface area contributed by atoms with E-state index in [2.05, 4.69) is 5.10 Å². The Balaban J connectivity index is 2.08. The number of para-hydroxylation sites is 1. The number of benzene rings is 1. The molecule has 1 amide bonds. The molecule has 2 aromatic rings. The van der Waals surface area contributed by atoms with Gasteiger partial charge in [0, 0.05) is 18.3 Å². The van der Waals surface area contributed by atoms with Crippen LogP contribution in [0, 0.1) is 0 Å². The molecule has 3 rings (SSSR count). The molecule has 0 spiro atoms. The average molecular weight is 313 g/mol. The highest BCUT2D eigenvalue weighted by Gasteiger charge is 2.30. The normalized spacial score (nSPS) is 14.0. The molecule has 1 aliphatic heterocycles. The lowest BCUT2D eigenvalue weighted by molar-refractivity contribution is 0.0691. The number of anilines is 1. The maximum Gasteiger partial charge on any atom is 0.339 e. The van der Waals surface area contributed by atoms with Gasteiger partial charge in [0.15, 0.2) is 0 Å². The van der Waals surface area contributed by atoms with Crippen molar-refractivity contribution >= 4 is 17.6 Å². The Kier molecular flexibility index (Phi) is 3.90. The van der Waals surface area contributed by atoms with E-state index in [4.69, 9.17) is 0 Å². The standard InChI is InChI=1S/C17H19N3O3/c1-11(2)20-15(13(10-18-20)17(22)23)16(21)19-9-5-7-12-6-3-4-8-14(12)19/h3-4,6,8,10-11H,5,7,9H2,1-2H3,(H,22,23). The lowest BCUT2D eigenvalue weighted by atomic mass is 10.0. The second-order valence-electron chi connectivity index (χ2n) is 5.94. The van der Waals surface area contributed by atoms with Crippen molar-refractivity contribution in [1.29, 1.82) is 0 Å². The van der Waals surface area contributed by atoms with Gasteiger partial charge in [-0.25, -0.2) is 4.79 Å². The van der Waals surface area contributed by atoms with Crippen molar-refractivity contribution in [3.8, 4) is 0 Å². The van der Waals surface area contributed by atoms with Crippen LogP contribution in [0.5, 0.6) is 0 Å². The molecule has 0 bridgehead atoms. The summed E-state index contributed by atoms with van der Waals surface area (Å²) in [6.07, 6.45) is 3.04. The highest BCUT2D eigenvalue weighted by Crippen LogP contribution is 2.29. The highest BCUT2D eigenvalue weighted by atomic mass is 16.4. The van der Waals surface area contributed by atoms with Crippen LogP contribution in [0.15, 0.2) is 30.5 Å². The molecule has 0 saturated carbocycles. The summed E-state index contributed by atoms with van der Waals surface area (Å²) in [7, 11) is 0. The zero-order valence-corrected chi connectivity index (χ0v) is 13.2. The third kappa shape index (κ3) is 2.60. The third-order valence-corrected chi connectivity index (χ3v) is 4.07. The summed E-state index contributed by atoms with van der Waals surface area (Å²) in [6, 6.07) is 7.66. The fourth-order valence-corrected chi connectivity index (χ4v) is 3.00. The second kappa shape index (κ2) is 5.87. The number of carbonyl (C=O) groups excluding carboxylic acids is 1. The Morgan fingerprint density at radius 1 is 1.26 bits per heavy atom. The Bertz CT molecular complexity index is 764. The van der Waals surface area contributed by atoms with Crippen molar-refractivity contribution in [2.75, 3.05) is 11.4 Å².